The van der Waals surface area contributed by atoms with Crippen molar-refractivity contribution in [3.63, 3.8) is 0 Å². The fourth-order valence-corrected chi connectivity index (χ4v) is 1.56. The first-order valence-corrected chi connectivity index (χ1v) is 4.43. The van der Waals surface area contributed by atoms with Gasteiger partial charge in [-0.15, -0.1) is 0 Å². The van der Waals surface area contributed by atoms with E-state index in [4.69, 9.17) is 4.74 Å². The summed E-state index contributed by atoms with van der Waals surface area (Å²) in [6, 6.07) is 5.44. The minimum atomic E-state index is -1.29. The number of hydrogen-bond acceptors (Lipinski definition) is 3. The molecule has 0 atom stereocenters. The second-order valence-corrected chi connectivity index (χ2v) is 3.20. The molecule has 0 spiro atoms. The van der Waals surface area contributed by atoms with Crippen LogP contribution in [0.25, 0.3) is 0 Å². The van der Waals surface area contributed by atoms with Gasteiger partial charge in [0.2, 0.25) is 0 Å². The number of hydrogen-bond donors (Lipinski definition) is 1. The maximum absolute atomic E-state index is 10.3. The predicted octanol–water partition coefficient (Wildman–Crippen LogP) is 0.514. The van der Waals surface area contributed by atoms with E-state index in [9.17, 15) is 9.90 Å². The Labute approximate surface area is 81.5 Å². The van der Waals surface area contributed by atoms with Gasteiger partial charge in [0.25, 0.3) is 0 Å². The lowest BCUT2D eigenvalue weighted by Crippen LogP contribution is -2.28. The molecule has 4 nitrogen and oxygen atoms in total. The van der Waals surface area contributed by atoms with Gasteiger partial charge in [0.15, 0.2) is 0 Å². The van der Waals surface area contributed by atoms with E-state index in [2.05, 4.69) is 5.32 Å². The number of ether oxygens (including phenoxy) is 1. The summed E-state index contributed by atoms with van der Waals surface area (Å²) in [6.07, 6.45) is -0.400. The van der Waals surface area contributed by atoms with Crippen molar-refractivity contribution in [3.05, 3.63) is 29.3 Å². The molecule has 1 aromatic carbocycles. The lowest BCUT2D eigenvalue weighted by atomic mass is 10.0. The largest absolute Gasteiger partial charge is 0.530 e. The third-order valence-corrected chi connectivity index (χ3v) is 2.23. The van der Waals surface area contributed by atoms with Crippen molar-refractivity contribution in [2.75, 3.05) is 11.9 Å². The van der Waals surface area contributed by atoms with Crippen molar-refractivity contribution in [3.8, 4) is 0 Å². The first-order valence-electron chi connectivity index (χ1n) is 4.43. The summed E-state index contributed by atoms with van der Waals surface area (Å²) in [6.45, 7) is 1.29. The Morgan fingerprint density at radius 1 is 1.43 bits per heavy atom. The number of fused-ring (bicyclic) bond motifs is 1. The molecule has 1 heterocycles. The molecule has 0 unspecified atom stereocenters. The van der Waals surface area contributed by atoms with Gasteiger partial charge in [-0.05, 0) is 29.7 Å². The average Bonchev–Trinajstić information content (AvgIpc) is 2.17. The zero-order chi connectivity index (χ0) is 9.97. The van der Waals surface area contributed by atoms with Crippen LogP contribution in [0, 0.1) is 0 Å². The van der Waals surface area contributed by atoms with Crippen molar-refractivity contribution in [1.82, 2.24) is 0 Å². The van der Waals surface area contributed by atoms with Crippen molar-refractivity contribution in [2.24, 2.45) is 0 Å². The quantitative estimate of drug-likeness (QED) is 0.705. The highest BCUT2D eigenvalue weighted by Gasteiger charge is 2.09. The Hall–Kier alpha value is -1.55. The van der Waals surface area contributed by atoms with Gasteiger partial charge in [0.1, 0.15) is 6.09 Å². The van der Waals surface area contributed by atoms with E-state index in [1.807, 2.05) is 6.07 Å². The van der Waals surface area contributed by atoms with Crippen LogP contribution in [0.3, 0.4) is 0 Å². The molecule has 1 N–H and O–H groups in total. The number of rotatable bonds is 1. The van der Waals surface area contributed by atoms with Crippen LogP contribution >= 0.6 is 0 Å². The van der Waals surface area contributed by atoms with Crippen LogP contribution in [-0.2, 0) is 17.8 Å². The minimum absolute atomic E-state index is 0.536. The molecule has 1 aliphatic rings. The van der Waals surface area contributed by atoms with E-state index >= 15 is 0 Å². The minimum Gasteiger partial charge on any atom is -0.530 e. The maximum Gasteiger partial charge on any atom is 0.138 e. The topological polar surface area (TPSA) is 61.4 Å². The molecule has 0 fully saturated rings. The highest BCUT2D eigenvalue weighted by atomic mass is 16.5. The molecule has 1 amide bonds. The van der Waals surface area contributed by atoms with E-state index in [1.54, 1.807) is 12.1 Å². The van der Waals surface area contributed by atoms with Crippen LogP contribution in [0.5, 0.6) is 0 Å². The van der Waals surface area contributed by atoms with Gasteiger partial charge in [-0.3, -0.25) is 0 Å². The van der Waals surface area contributed by atoms with Gasteiger partial charge in [-0.1, -0.05) is 6.07 Å². The fourth-order valence-electron chi connectivity index (χ4n) is 1.56. The van der Waals surface area contributed by atoms with Crippen molar-refractivity contribution >= 4 is 11.8 Å². The van der Waals surface area contributed by atoms with E-state index in [0.717, 1.165) is 18.6 Å². The standard InChI is InChI=1S/C10H11NO3/c12-10(13)11-9-2-1-7-3-4-14-6-8(7)5-9/h1-2,5,11H,3-4,6H2,(H,12,13)/p-1. The van der Waals surface area contributed by atoms with Gasteiger partial charge >= 0.3 is 0 Å². The second-order valence-electron chi connectivity index (χ2n) is 3.20. The second kappa shape index (κ2) is 3.67. The van der Waals surface area contributed by atoms with Gasteiger partial charge in [0.05, 0.1) is 13.2 Å². The summed E-state index contributed by atoms with van der Waals surface area (Å²) < 4.78 is 5.27. The van der Waals surface area contributed by atoms with Gasteiger partial charge in [-0.25, -0.2) is 0 Å². The summed E-state index contributed by atoms with van der Waals surface area (Å²) in [5.74, 6) is 0. The van der Waals surface area contributed by atoms with Crippen molar-refractivity contribution in [2.45, 2.75) is 13.0 Å². The van der Waals surface area contributed by atoms with E-state index in [1.165, 1.54) is 5.56 Å². The third kappa shape index (κ3) is 1.85. The highest BCUT2D eigenvalue weighted by Crippen LogP contribution is 2.20. The summed E-state index contributed by atoms with van der Waals surface area (Å²) in [5.41, 5.74) is 2.80. The maximum atomic E-state index is 10.3. The lowest BCUT2D eigenvalue weighted by Gasteiger charge is -2.17. The monoisotopic (exact) mass is 192 g/mol. The molecule has 0 aromatic heterocycles. The summed E-state index contributed by atoms with van der Waals surface area (Å²) in [7, 11) is 0. The van der Waals surface area contributed by atoms with E-state index in [0.29, 0.717) is 12.3 Å². The molecular weight excluding hydrogens is 182 g/mol. The summed E-state index contributed by atoms with van der Waals surface area (Å²) in [5, 5.41) is 12.5. The first kappa shape index (κ1) is 9.02. The Balaban J connectivity index is 2.24. The van der Waals surface area contributed by atoms with Crippen molar-refractivity contribution in [1.29, 1.82) is 0 Å². The average molecular weight is 192 g/mol. The first-order chi connectivity index (χ1) is 6.75. The molecule has 0 saturated carbocycles. The number of nitrogens with one attached hydrogen (secondary N) is 1. The molecule has 4 heteroatoms. The molecule has 0 aliphatic carbocycles. The van der Waals surface area contributed by atoms with E-state index < -0.39 is 6.09 Å². The van der Waals surface area contributed by atoms with Gasteiger partial charge in [-0.2, -0.15) is 0 Å². The Morgan fingerprint density at radius 3 is 3.07 bits per heavy atom. The molecule has 2 rings (SSSR count). The van der Waals surface area contributed by atoms with E-state index in [-0.39, 0.29) is 0 Å². The summed E-state index contributed by atoms with van der Waals surface area (Å²) >= 11 is 0. The third-order valence-electron chi connectivity index (χ3n) is 2.23. The van der Waals surface area contributed by atoms with Gasteiger partial charge in [0, 0.05) is 5.69 Å². The molecule has 0 radical (unpaired) electrons. The Bertz CT molecular complexity index is 362. The van der Waals surface area contributed by atoms with Crippen LogP contribution in [0.4, 0.5) is 10.5 Å². The number of carboxylic acid groups (broad SMARTS) is 1. The number of carbonyl (C=O) groups excluding carboxylic acids is 1. The summed E-state index contributed by atoms with van der Waals surface area (Å²) in [4.78, 5) is 10.3. The zero-order valence-electron chi connectivity index (χ0n) is 7.58. The number of amides is 1. The predicted molar refractivity (Wildman–Crippen MR) is 48.8 cm³/mol. The van der Waals surface area contributed by atoms with Crippen LogP contribution in [0.2, 0.25) is 0 Å². The number of carbonyl (C=O) groups is 1. The van der Waals surface area contributed by atoms with Crippen LogP contribution in [0.1, 0.15) is 11.1 Å². The van der Waals surface area contributed by atoms with Crippen molar-refractivity contribution < 1.29 is 14.6 Å². The smallest absolute Gasteiger partial charge is 0.138 e. The SMILES string of the molecule is O=C([O-])Nc1ccc2c(c1)COCC2. The number of benzene rings is 1. The molecule has 1 aromatic rings. The fraction of sp³-hybridized carbons (Fsp3) is 0.300. The zero-order valence-corrected chi connectivity index (χ0v) is 7.58. The molecule has 14 heavy (non-hydrogen) atoms. The molecule has 0 saturated heterocycles. The Morgan fingerprint density at radius 2 is 2.29 bits per heavy atom. The molecule has 1 aliphatic heterocycles. The normalized spacial score (nSPS) is 14.6. The highest BCUT2D eigenvalue weighted by molar-refractivity contribution is 5.81. The molecule has 74 valence electrons. The van der Waals surface area contributed by atoms with Gasteiger partial charge < -0.3 is 20.0 Å². The number of anilines is 1. The molecular formula is C10H10NO3-. The van der Waals surface area contributed by atoms with Crippen LogP contribution in [-0.4, -0.2) is 12.7 Å². The van der Waals surface area contributed by atoms with Crippen LogP contribution in [0.15, 0.2) is 18.2 Å². The molecule has 0 bridgehead atoms. The van der Waals surface area contributed by atoms with Crippen LogP contribution < -0.4 is 10.4 Å². The lowest BCUT2D eigenvalue weighted by molar-refractivity contribution is -0.242. The Kier molecular flexibility index (Phi) is 2.37.